The van der Waals surface area contributed by atoms with Gasteiger partial charge in [-0.25, -0.2) is 14.9 Å². The molecule has 3 aromatic rings. The molecule has 1 atom stereocenters. The highest BCUT2D eigenvalue weighted by Crippen LogP contribution is 2.23. The fraction of sp³-hybridized carbons (Fsp3) is 0.312. The van der Waals surface area contributed by atoms with E-state index in [1.165, 1.54) is 0 Å². The fourth-order valence-electron chi connectivity index (χ4n) is 2.86. The number of hydrogen-bond acceptors (Lipinski definition) is 5. The van der Waals surface area contributed by atoms with E-state index in [-0.39, 0.29) is 11.8 Å². The topological polar surface area (TPSA) is 95.7 Å². The van der Waals surface area contributed by atoms with Crippen molar-refractivity contribution >= 4 is 10.8 Å². The zero-order chi connectivity index (χ0) is 15.6. The van der Waals surface area contributed by atoms with Crippen LogP contribution in [0.4, 0.5) is 0 Å². The van der Waals surface area contributed by atoms with Crippen LogP contribution in [0.1, 0.15) is 12.1 Å². The number of ether oxygens (including phenoxy) is 1. The van der Waals surface area contributed by atoms with Crippen molar-refractivity contribution in [1.29, 1.82) is 0 Å². The Hall–Kier alpha value is -2.51. The molecule has 1 saturated heterocycles. The van der Waals surface area contributed by atoms with E-state index in [0.29, 0.717) is 18.1 Å². The Morgan fingerprint density at radius 3 is 3.00 bits per heavy atom. The minimum atomic E-state index is -0.343. The summed E-state index contributed by atoms with van der Waals surface area (Å²) in [6, 6.07) is 9.94. The lowest BCUT2D eigenvalue weighted by Gasteiger charge is -2.12. The Labute approximate surface area is 132 Å². The van der Waals surface area contributed by atoms with E-state index in [0.717, 1.165) is 36.0 Å². The zero-order valence-electron chi connectivity index (χ0n) is 12.5. The van der Waals surface area contributed by atoms with Gasteiger partial charge in [-0.15, -0.1) is 0 Å². The molecule has 0 aliphatic carbocycles. The Balaban J connectivity index is 1.72. The van der Waals surface area contributed by atoms with Crippen LogP contribution in [-0.2, 0) is 11.3 Å². The Morgan fingerprint density at radius 1 is 1.30 bits per heavy atom. The van der Waals surface area contributed by atoms with Crippen molar-refractivity contribution in [3.63, 3.8) is 0 Å². The first-order valence-corrected chi connectivity index (χ1v) is 7.65. The first kappa shape index (κ1) is 14.1. The third-order valence-electron chi connectivity index (χ3n) is 4.03. The van der Waals surface area contributed by atoms with Gasteiger partial charge in [0, 0.05) is 11.9 Å². The van der Waals surface area contributed by atoms with Crippen LogP contribution in [0.2, 0.25) is 0 Å². The van der Waals surface area contributed by atoms with E-state index >= 15 is 0 Å². The molecule has 0 saturated carbocycles. The third-order valence-corrected chi connectivity index (χ3v) is 4.03. The van der Waals surface area contributed by atoms with Crippen LogP contribution in [0.15, 0.2) is 35.1 Å². The van der Waals surface area contributed by atoms with Crippen LogP contribution in [0, 0.1) is 0 Å². The van der Waals surface area contributed by atoms with Gasteiger partial charge in [0.1, 0.15) is 5.69 Å². The molecule has 1 aliphatic rings. The molecule has 0 radical (unpaired) electrons. The summed E-state index contributed by atoms with van der Waals surface area (Å²) in [5, 5.41) is 11.7. The van der Waals surface area contributed by atoms with Crippen molar-refractivity contribution in [3.05, 3.63) is 46.5 Å². The number of pyridine rings is 1. The number of rotatable bonds is 4. The second kappa shape index (κ2) is 5.94. The number of nitrogens with zero attached hydrogens (tertiary/aromatic N) is 2. The normalized spacial score (nSPS) is 17.8. The lowest BCUT2D eigenvalue weighted by molar-refractivity contribution is 0.0530. The van der Waals surface area contributed by atoms with E-state index in [2.05, 4.69) is 25.5 Å². The van der Waals surface area contributed by atoms with E-state index < -0.39 is 0 Å². The van der Waals surface area contributed by atoms with Crippen molar-refractivity contribution in [2.45, 2.75) is 19.1 Å². The number of nitrogens with one attached hydrogen (secondary N) is 3. The van der Waals surface area contributed by atoms with Gasteiger partial charge < -0.3 is 10.1 Å². The average Bonchev–Trinajstić information content (AvgIpc) is 3.24. The van der Waals surface area contributed by atoms with Crippen LogP contribution in [0.25, 0.3) is 22.3 Å². The molecule has 3 N–H and O–H groups in total. The highest BCUT2D eigenvalue weighted by Gasteiger charge is 2.16. The number of hydrogen-bond donors (Lipinski definition) is 3. The van der Waals surface area contributed by atoms with Crippen LogP contribution < -0.4 is 11.0 Å². The van der Waals surface area contributed by atoms with E-state index in [1.807, 2.05) is 30.3 Å². The van der Waals surface area contributed by atoms with Gasteiger partial charge in [-0.05, 0) is 24.4 Å². The highest BCUT2D eigenvalue weighted by atomic mass is 16.5. The van der Waals surface area contributed by atoms with Crippen LogP contribution in [0.5, 0.6) is 0 Å². The minimum Gasteiger partial charge on any atom is -0.371 e. The largest absolute Gasteiger partial charge is 0.371 e. The summed E-state index contributed by atoms with van der Waals surface area (Å²) in [5.74, 6) is 0.435. The molecule has 0 amide bonds. The Bertz CT molecular complexity index is 879. The maximum Gasteiger partial charge on any atom is 0.340 e. The monoisotopic (exact) mass is 311 g/mol. The van der Waals surface area contributed by atoms with Crippen LogP contribution >= 0.6 is 0 Å². The second-order valence-corrected chi connectivity index (χ2v) is 5.63. The summed E-state index contributed by atoms with van der Waals surface area (Å²) >= 11 is 0. The molecule has 1 aromatic carbocycles. The summed E-state index contributed by atoms with van der Waals surface area (Å²) in [4.78, 5) is 18.6. The van der Waals surface area contributed by atoms with Crippen molar-refractivity contribution in [2.75, 3.05) is 13.1 Å². The van der Waals surface area contributed by atoms with E-state index in [9.17, 15) is 4.79 Å². The summed E-state index contributed by atoms with van der Waals surface area (Å²) < 4.78 is 5.97. The number of benzene rings is 1. The number of fused-ring (bicyclic) bond motifs is 1. The van der Waals surface area contributed by atoms with Gasteiger partial charge in [-0.2, -0.15) is 5.10 Å². The zero-order valence-corrected chi connectivity index (χ0v) is 12.5. The summed E-state index contributed by atoms with van der Waals surface area (Å²) in [6.45, 7) is 2.31. The summed E-state index contributed by atoms with van der Waals surface area (Å²) in [5.41, 5.74) is 1.14. The Kier molecular flexibility index (Phi) is 3.64. The van der Waals surface area contributed by atoms with Gasteiger partial charge in [0.15, 0.2) is 5.82 Å². The molecule has 118 valence electrons. The fourth-order valence-corrected chi connectivity index (χ4v) is 2.86. The lowest BCUT2D eigenvalue weighted by Crippen LogP contribution is -2.17. The molecular formula is C16H17N5O2. The molecule has 7 nitrogen and oxygen atoms in total. The van der Waals surface area contributed by atoms with Crippen molar-refractivity contribution in [2.24, 2.45) is 0 Å². The van der Waals surface area contributed by atoms with E-state index in [4.69, 9.17) is 4.74 Å². The van der Waals surface area contributed by atoms with Crippen LogP contribution in [0.3, 0.4) is 0 Å². The molecule has 23 heavy (non-hydrogen) atoms. The highest BCUT2D eigenvalue weighted by molar-refractivity contribution is 5.87. The maximum atomic E-state index is 11.3. The number of H-pyrrole nitrogens is 2. The first-order chi connectivity index (χ1) is 11.3. The number of aromatic nitrogens is 4. The quantitative estimate of drug-likeness (QED) is 0.673. The van der Waals surface area contributed by atoms with Crippen molar-refractivity contribution in [3.8, 4) is 11.5 Å². The predicted octanol–water partition coefficient (Wildman–Crippen LogP) is 1.19. The van der Waals surface area contributed by atoms with Crippen molar-refractivity contribution in [1.82, 2.24) is 25.5 Å². The molecule has 4 rings (SSSR count). The summed E-state index contributed by atoms with van der Waals surface area (Å²) in [6.07, 6.45) is 1.24. The molecule has 7 heteroatoms. The molecule has 1 aliphatic heterocycles. The average molecular weight is 311 g/mol. The lowest BCUT2D eigenvalue weighted by atomic mass is 10.1. The van der Waals surface area contributed by atoms with Crippen molar-refractivity contribution < 1.29 is 4.74 Å². The standard InChI is InChI=1S/C16H17N5O2/c22-16-19-15(20-21-16)13-7-10-3-1-2-4-12(10)14(18-13)9-23-11-5-6-17-8-11/h1-4,7,11,17H,5-6,8-9H2,(H2,19,20,21,22)/t11-/m0/s1. The molecular weight excluding hydrogens is 294 g/mol. The van der Waals surface area contributed by atoms with Gasteiger partial charge in [0.25, 0.3) is 0 Å². The minimum absolute atomic E-state index is 0.226. The van der Waals surface area contributed by atoms with E-state index in [1.54, 1.807) is 0 Å². The van der Waals surface area contributed by atoms with Gasteiger partial charge in [0.05, 0.1) is 18.4 Å². The van der Waals surface area contributed by atoms with Crippen LogP contribution in [-0.4, -0.2) is 39.4 Å². The smallest absolute Gasteiger partial charge is 0.340 e. The molecule has 2 aromatic heterocycles. The van der Waals surface area contributed by atoms with Gasteiger partial charge in [-0.3, -0.25) is 4.98 Å². The van der Waals surface area contributed by atoms with Gasteiger partial charge in [-0.1, -0.05) is 24.3 Å². The SMILES string of the molecule is O=c1[nH]nc(-c2cc3ccccc3c(CO[C@H]3CCNC3)n2)[nH]1. The third kappa shape index (κ3) is 2.88. The number of aromatic amines is 2. The Morgan fingerprint density at radius 2 is 2.22 bits per heavy atom. The predicted molar refractivity (Wildman–Crippen MR) is 86.0 cm³/mol. The summed E-state index contributed by atoms with van der Waals surface area (Å²) in [7, 11) is 0. The maximum absolute atomic E-state index is 11.3. The molecule has 3 heterocycles. The molecule has 0 unspecified atom stereocenters. The second-order valence-electron chi connectivity index (χ2n) is 5.63. The van der Waals surface area contributed by atoms with Gasteiger partial charge >= 0.3 is 5.69 Å². The first-order valence-electron chi connectivity index (χ1n) is 7.65. The van der Waals surface area contributed by atoms with Gasteiger partial charge in [0.2, 0.25) is 0 Å². The molecule has 1 fully saturated rings. The molecule has 0 spiro atoms. The molecule has 0 bridgehead atoms.